The maximum atomic E-state index is 14.1. The molecule has 1 fully saturated rings. The van der Waals surface area contributed by atoms with Crippen LogP contribution in [0.5, 0.6) is 17.2 Å². The zero-order valence-electron chi connectivity index (χ0n) is 18.8. The Labute approximate surface area is 201 Å². The van der Waals surface area contributed by atoms with Crippen LogP contribution in [0.2, 0.25) is 0 Å². The highest BCUT2D eigenvalue weighted by molar-refractivity contribution is 5.80. The van der Waals surface area contributed by atoms with Crippen molar-refractivity contribution in [3.63, 3.8) is 0 Å². The lowest BCUT2D eigenvalue weighted by Gasteiger charge is -2.20. The molecule has 0 saturated carbocycles. The number of nitrogens with one attached hydrogen (secondary N) is 1. The largest absolute Gasteiger partial charge is 0.504 e. The van der Waals surface area contributed by atoms with Crippen molar-refractivity contribution in [1.82, 2.24) is 10.2 Å². The van der Waals surface area contributed by atoms with E-state index in [-0.39, 0.29) is 54.5 Å². The number of rotatable bonds is 2. The van der Waals surface area contributed by atoms with Crippen LogP contribution in [0.4, 0.5) is 8.78 Å². The van der Waals surface area contributed by atoms with Crippen LogP contribution in [-0.2, 0) is 22.4 Å². The Morgan fingerprint density at radius 3 is 2.74 bits per heavy atom. The average molecular weight is 478 g/mol. The van der Waals surface area contributed by atoms with Crippen LogP contribution in [0, 0.1) is 11.6 Å². The number of nitrogens with zero attached hydrogens (tertiary/aromatic N) is 1. The number of amides is 2. The number of hydrogen-bond acceptors (Lipinski definition) is 4. The van der Waals surface area contributed by atoms with Gasteiger partial charge in [0, 0.05) is 31.0 Å². The molecule has 180 valence electrons. The van der Waals surface area contributed by atoms with Gasteiger partial charge in [-0.1, -0.05) is 30.3 Å². The first-order valence-corrected chi connectivity index (χ1v) is 11.5. The monoisotopic (exact) mass is 478 g/mol. The second-order valence-electron chi connectivity index (χ2n) is 8.95. The summed E-state index contributed by atoms with van der Waals surface area (Å²) in [6, 6.07) is 15.8. The number of aryl methyl sites for hydroxylation is 1. The van der Waals surface area contributed by atoms with Gasteiger partial charge in [0.05, 0.1) is 12.5 Å². The Morgan fingerprint density at radius 1 is 1.06 bits per heavy atom. The summed E-state index contributed by atoms with van der Waals surface area (Å²) >= 11 is 0. The van der Waals surface area contributed by atoms with Gasteiger partial charge in [-0.3, -0.25) is 9.59 Å². The number of aromatic hydroxyl groups is 1. The first-order chi connectivity index (χ1) is 16.9. The summed E-state index contributed by atoms with van der Waals surface area (Å²) in [5.41, 5.74) is 1.70. The lowest BCUT2D eigenvalue weighted by atomic mass is 9.94. The SMILES string of the molecule is O=C1CCc2ccc(O)c(c2)Oc2cccc(c2)[C@@H]2CN(C(=O)Cc3cccc(F)c3F)C[C@H]2N1. The Morgan fingerprint density at radius 2 is 1.89 bits per heavy atom. The third-order valence-electron chi connectivity index (χ3n) is 6.57. The molecule has 0 aliphatic carbocycles. The van der Waals surface area contributed by atoms with E-state index in [0.29, 0.717) is 24.5 Å². The highest BCUT2D eigenvalue weighted by Gasteiger charge is 2.37. The van der Waals surface area contributed by atoms with Gasteiger partial charge in [-0.25, -0.2) is 8.78 Å². The predicted octanol–water partition coefficient (Wildman–Crippen LogP) is 4.06. The molecule has 8 heteroatoms. The second-order valence-corrected chi connectivity index (χ2v) is 8.95. The molecule has 0 spiro atoms. The molecule has 6 nitrogen and oxygen atoms in total. The quantitative estimate of drug-likeness (QED) is 0.582. The number of likely N-dealkylation sites (tertiary alicyclic amines) is 1. The number of benzene rings is 3. The van der Waals surface area contributed by atoms with E-state index in [0.717, 1.165) is 17.2 Å². The Bertz CT molecular complexity index is 1300. The summed E-state index contributed by atoms with van der Waals surface area (Å²) in [6.45, 7) is 0.564. The first kappa shape index (κ1) is 22.8. The summed E-state index contributed by atoms with van der Waals surface area (Å²) in [6.07, 6.45) is 0.417. The van der Waals surface area contributed by atoms with Crippen LogP contribution in [0.25, 0.3) is 0 Å². The molecule has 2 amide bonds. The molecule has 4 bridgehead atoms. The maximum absolute atomic E-state index is 14.1. The number of fused-ring (bicyclic) bond motifs is 6. The molecule has 2 aliphatic heterocycles. The standard InChI is InChI=1S/C27H24F2N2O4/c28-21-6-2-4-18(27(21)29)13-26(34)31-14-20-17-3-1-5-19(12-17)35-24-11-16(7-9-23(24)32)8-10-25(33)30-22(20)15-31/h1-7,9,11-12,20,22,32H,8,10,13-15H2,(H,30,33)/t20-,22+/m0/s1. The molecule has 5 rings (SSSR count). The lowest BCUT2D eigenvalue weighted by Crippen LogP contribution is -2.40. The molecule has 2 heterocycles. The third-order valence-corrected chi connectivity index (χ3v) is 6.57. The minimum Gasteiger partial charge on any atom is -0.504 e. The topological polar surface area (TPSA) is 78.9 Å². The normalized spacial score (nSPS) is 19.5. The summed E-state index contributed by atoms with van der Waals surface area (Å²) in [5.74, 6) is -1.91. The van der Waals surface area contributed by atoms with Gasteiger partial charge in [0.15, 0.2) is 23.1 Å². The fraction of sp³-hybridized carbons (Fsp3) is 0.259. The molecule has 0 aromatic heterocycles. The molecule has 2 N–H and O–H groups in total. The number of phenols is 1. The van der Waals surface area contributed by atoms with E-state index >= 15 is 0 Å². The van der Waals surface area contributed by atoms with Crippen LogP contribution in [0.1, 0.15) is 29.0 Å². The van der Waals surface area contributed by atoms with Crippen LogP contribution < -0.4 is 10.1 Å². The Kier molecular flexibility index (Phi) is 6.11. The van der Waals surface area contributed by atoms with E-state index in [4.69, 9.17) is 4.74 Å². The number of halogens is 2. The Balaban J connectivity index is 1.43. The van der Waals surface area contributed by atoms with Gasteiger partial charge >= 0.3 is 0 Å². The molecular weight excluding hydrogens is 454 g/mol. The molecule has 2 aliphatic rings. The molecule has 35 heavy (non-hydrogen) atoms. The molecular formula is C27H24F2N2O4. The van der Waals surface area contributed by atoms with E-state index in [1.807, 2.05) is 18.2 Å². The van der Waals surface area contributed by atoms with Gasteiger partial charge in [0.1, 0.15) is 5.75 Å². The fourth-order valence-corrected chi connectivity index (χ4v) is 4.72. The van der Waals surface area contributed by atoms with Gasteiger partial charge in [-0.15, -0.1) is 0 Å². The third kappa shape index (κ3) is 4.82. The molecule has 3 aromatic rings. The van der Waals surface area contributed by atoms with E-state index < -0.39 is 11.6 Å². The van der Waals surface area contributed by atoms with Crippen LogP contribution >= 0.6 is 0 Å². The number of ether oxygens (including phenoxy) is 1. The smallest absolute Gasteiger partial charge is 0.227 e. The van der Waals surface area contributed by atoms with Crippen molar-refractivity contribution in [3.8, 4) is 17.2 Å². The van der Waals surface area contributed by atoms with Gasteiger partial charge in [0.2, 0.25) is 11.8 Å². The molecule has 3 aromatic carbocycles. The van der Waals surface area contributed by atoms with Crippen LogP contribution in [0.15, 0.2) is 60.7 Å². The molecule has 2 atom stereocenters. The molecule has 1 saturated heterocycles. The zero-order chi connectivity index (χ0) is 24.5. The Hall–Kier alpha value is -3.94. The van der Waals surface area contributed by atoms with Crippen molar-refractivity contribution >= 4 is 11.8 Å². The number of hydrogen-bond donors (Lipinski definition) is 2. The number of phenolic OH excluding ortho intramolecular Hbond substituents is 1. The van der Waals surface area contributed by atoms with Crippen molar-refractivity contribution in [2.24, 2.45) is 0 Å². The van der Waals surface area contributed by atoms with Crippen molar-refractivity contribution < 1.29 is 28.2 Å². The van der Waals surface area contributed by atoms with E-state index in [9.17, 15) is 23.5 Å². The summed E-state index contributed by atoms with van der Waals surface area (Å²) in [7, 11) is 0. The minimum absolute atomic E-state index is 0.00132. The van der Waals surface area contributed by atoms with E-state index in [1.54, 1.807) is 29.2 Å². The summed E-state index contributed by atoms with van der Waals surface area (Å²) < 4.78 is 33.7. The van der Waals surface area contributed by atoms with Crippen molar-refractivity contribution in [3.05, 3.63) is 89.0 Å². The molecule has 0 unspecified atom stereocenters. The zero-order valence-corrected chi connectivity index (χ0v) is 18.8. The summed E-state index contributed by atoms with van der Waals surface area (Å²) in [5, 5.41) is 13.3. The predicted molar refractivity (Wildman–Crippen MR) is 124 cm³/mol. The van der Waals surface area contributed by atoms with Gasteiger partial charge in [0.25, 0.3) is 0 Å². The van der Waals surface area contributed by atoms with Gasteiger partial charge in [-0.05, 0) is 47.9 Å². The second kappa shape index (κ2) is 9.37. The fourth-order valence-electron chi connectivity index (χ4n) is 4.72. The maximum Gasteiger partial charge on any atom is 0.227 e. The van der Waals surface area contributed by atoms with E-state index in [1.165, 1.54) is 12.1 Å². The molecule has 0 radical (unpaired) electrons. The van der Waals surface area contributed by atoms with Crippen molar-refractivity contribution in [2.75, 3.05) is 13.1 Å². The highest BCUT2D eigenvalue weighted by Crippen LogP contribution is 2.35. The van der Waals surface area contributed by atoms with Crippen LogP contribution in [0.3, 0.4) is 0 Å². The summed E-state index contributed by atoms with van der Waals surface area (Å²) in [4.78, 5) is 27.4. The van der Waals surface area contributed by atoms with Gasteiger partial charge in [-0.2, -0.15) is 0 Å². The first-order valence-electron chi connectivity index (χ1n) is 11.5. The number of carbonyl (C=O) groups excluding carboxylic acids is 2. The highest BCUT2D eigenvalue weighted by atomic mass is 19.2. The average Bonchev–Trinajstić information content (AvgIpc) is 3.26. The number of carbonyl (C=O) groups is 2. The van der Waals surface area contributed by atoms with Gasteiger partial charge < -0.3 is 20.1 Å². The van der Waals surface area contributed by atoms with Crippen molar-refractivity contribution in [2.45, 2.75) is 31.2 Å². The lowest BCUT2D eigenvalue weighted by molar-refractivity contribution is -0.130. The van der Waals surface area contributed by atoms with E-state index in [2.05, 4.69) is 5.32 Å². The van der Waals surface area contributed by atoms with Crippen molar-refractivity contribution in [1.29, 1.82) is 0 Å². The van der Waals surface area contributed by atoms with Crippen LogP contribution in [-0.4, -0.2) is 41.0 Å². The minimum atomic E-state index is -1.02.